The lowest BCUT2D eigenvalue weighted by atomic mass is 10.1. The van der Waals surface area contributed by atoms with E-state index in [1.165, 1.54) is 13.8 Å². The van der Waals surface area contributed by atoms with Crippen molar-refractivity contribution in [1.29, 1.82) is 0 Å². The molecular formula is C9H18N2O7S2. The summed E-state index contributed by atoms with van der Waals surface area (Å²) in [4.78, 5) is 23.1. The Bertz CT molecular complexity index is 577. The summed E-state index contributed by atoms with van der Waals surface area (Å²) in [5, 5.41) is 10.6. The molecule has 0 aliphatic carbocycles. The third-order valence-electron chi connectivity index (χ3n) is 2.05. The van der Waals surface area contributed by atoms with Gasteiger partial charge in [0.2, 0.25) is 15.9 Å². The maximum absolute atomic E-state index is 11.6. The Balaban J connectivity index is 4.77. The van der Waals surface area contributed by atoms with Gasteiger partial charge in [-0.2, -0.15) is 0 Å². The molecule has 0 fully saturated rings. The molecule has 0 aromatic carbocycles. The third kappa shape index (κ3) is 7.40. The molecule has 0 aromatic rings. The molecule has 0 radical (unpaired) electrons. The van der Waals surface area contributed by atoms with E-state index in [4.69, 9.17) is 5.11 Å². The second-order valence-corrected chi connectivity index (χ2v) is 8.62. The van der Waals surface area contributed by atoms with E-state index in [9.17, 15) is 26.4 Å². The number of aliphatic hydroxyl groups is 1. The van der Waals surface area contributed by atoms with E-state index < -0.39 is 55.3 Å². The van der Waals surface area contributed by atoms with Gasteiger partial charge in [0.15, 0.2) is 9.84 Å². The van der Waals surface area contributed by atoms with E-state index in [0.29, 0.717) is 0 Å². The molecule has 11 heteroatoms. The molecule has 0 spiro atoms. The Morgan fingerprint density at radius 2 is 1.65 bits per heavy atom. The molecule has 0 heterocycles. The van der Waals surface area contributed by atoms with Crippen molar-refractivity contribution in [1.82, 2.24) is 10.0 Å². The number of aliphatic hydroxyl groups excluding tert-OH is 1. The molecule has 0 bridgehead atoms. The minimum atomic E-state index is -3.79. The Morgan fingerprint density at radius 3 is 2.05 bits per heavy atom. The summed E-state index contributed by atoms with van der Waals surface area (Å²) >= 11 is 0. The number of nitrogens with one attached hydrogen (secondary N) is 2. The highest BCUT2D eigenvalue weighted by Crippen LogP contribution is 2.03. The summed E-state index contributed by atoms with van der Waals surface area (Å²) in [7, 11) is -7.56. The molecule has 0 atom stereocenters. The zero-order valence-electron chi connectivity index (χ0n) is 11.3. The molecule has 118 valence electrons. The van der Waals surface area contributed by atoms with E-state index in [-0.39, 0.29) is 0 Å². The summed E-state index contributed by atoms with van der Waals surface area (Å²) in [6.45, 7) is 1.84. The average Bonchev–Trinajstić information content (AvgIpc) is 2.11. The van der Waals surface area contributed by atoms with Crippen LogP contribution in [-0.4, -0.2) is 63.7 Å². The molecule has 9 nitrogen and oxygen atoms in total. The van der Waals surface area contributed by atoms with Crippen molar-refractivity contribution in [3.05, 3.63) is 0 Å². The molecule has 0 aromatic heterocycles. The standard InChI is InChI=1S/C9H18N2O7S2/c1-9(2,8(14)11-19(3,15)16)10-7(13)6-20(17,18)5-4-12/h12H,4-6H2,1-3H3,(H,10,13)(H,11,14). The minimum Gasteiger partial charge on any atom is -0.395 e. The lowest BCUT2D eigenvalue weighted by molar-refractivity contribution is -0.130. The first-order valence-electron chi connectivity index (χ1n) is 5.43. The van der Waals surface area contributed by atoms with Gasteiger partial charge in [-0.05, 0) is 13.8 Å². The summed E-state index contributed by atoms with van der Waals surface area (Å²) in [5.74, 6) is -3.43. The van der Waals surface area contributed by atoms with Gasteiger partial charge in [-0.15, -0.1) is 0 Å². The van der Waals surface area contributed by atoms with E-state index >= 15 is 0 Å². The summed E-state index contributed by atoms with van der Waals surface area (Å²) in [5.41, 5.74) is -1.60. The van der Waals surface area contributed by atoms with Crippen LogP contribution in [0.3, 0.4) is 0 Å². The van der Waals surface area contributed by atoms with Gasteiger partial charge in [0.1, 0.15) is 11.3 Å². The molecule has 0 unspecified atom stereocenters. The van der Waals surface area contributed by atoms with Crippen LogP contribution in [0.15, 0.2) is 0 Å². The van der Waals surface area contributed by atoms with Crippen molar-refractivity contribution in [3.63, 3.8) is 0 Å². The molecule has 2 amide bonds. The van der Waals surface area contributed by atoms with E-state index in [1.54, 1.807) is 4.72 Å². The molecule has 3 N–H and O–H groups in total. The predicted molar refractivity (Wildman–Crippen MR) is 70.9 cm³/mol. The van der Waals surface area contributed by atoms with Crippen LogP contribution < -0.4 is 10.0 Å². The number of carbonyl (C=O) groups is 2. The molecule has 20 heavy (non-hydrogen) atoms. The van der Waals surface area contributed by atoms with Crippen molar-refractivity contribution in [2.75, 3.05) is 24.4 Å². The number of hydrogen-bond donors (Lipinski definition) is 3. The maximum atomic E-state index is 11.6. The number of sulfonamides is 1. The van der Waals surface area contributed by atoms with Gasteiger partial charge >= 0.3 is 0 Å². The highest BCUT2D eigenvalue weighted by Gasteiger charge is 2.32. The fraction of sp³-hybridized carbons (Fsp3) is 0.778. The van der Waals surface area contributed by atoms with Crippen LogP contribution in [0.25, 0.3) is 0 Å². The second kappa shape index (κ2) is 6.50. The van der Waals surface area contributed by atoms with Gasteiger partial charge in [-0.25, -0.2) is 16.8 Å². The lowest BCUT2D eigenvalue weighted by Gasteiger charge is -2.24. The molecule has 0 aliphatic rings. The summed E-state index contributed by atoms with van der Waals surface area (Å²) in [6.07, 6.45) is 0.772. The lowest BCUT2D eigenvalue weighted by Crippen LogP contribution is -2.56. The van der Waals surface area contributed by atoms with Crippen molar-refractivity contribution in [2.45, 2.75) is 19.4 Å². The number of hydrogen-bond acceptors (Lipinski definition) is 7. The number of carbonyl (C=O) groups excluding carboxylic acids is 2. The maximum Gasteiger partial charge on any atom is 0.258 e. The van der Waals surface area contributed by atoms with Gasteiger partial charge < -0.3 is 10.4 Å². The highest BCUT2D eigenvalue weighted by atomic mass is 32.2. The zero-order chi connectivity index (χ0) is 16.2. The Kier molecular flexibility index (Phi) is 6.11. The van der Waals surface area contributed by atoms with Crippen LogP contribution >= 0.6 is 0 Å². The van der Waals surface area contributed by atoms with Crippen LogP contribution in [0.5, 0.6) is 0 Å². The quantitative estimate of drug-likeness (QED) is 0.462. The van der Waals surface area contributed by atoms with Gasteiger partial charge in [0, 0.05) is 0 Å². The van der Waals surface area contributed by atoms with E-state index in [1.807, 2.05) is 0 Å². The fourth-order valence-electron chi connectivity index (χ4n) is 1.15. The highest BCUT2D eigenvalue weighted by molar-refractivity contribution is 7.92. The zero-order valence-corrected chi connectivity index (χ0v) is 13.0. The number of sulfone groups is 1. The topological polar surface area (TPSA) is 147 Å². The second-order valence-electron chi connectivity index (χ2n) is 4.69. The normalized spacial score (nSPS) is 12.8. The van der Waals surface area contributed by atoms with E-state index in [0.717, 1.165) is 6.26 Å². The third-order valence-corrected chi connectivity index (χ3v) is 4.11. The van der Waals surface area contributed by atoms with E-state index in [2.05, 4.69) is 5.32 Å². The monoisotopic (exact) mass is 330 g/mol. The van der Waals surface area contributed by atoms with Gasteiger partial charge in [-0.1, -0.05) is 0 Å². The first-order chi connectivity index (χ1) is 8.79. The minimum absolute atomic E-state index is 0.573. The van der Waals surface area contributed by atoms with Crippen molar-refractivity contribution in [2.24, 2.45) is 0 Å². The molecule has 0 saturated carbocycles. The van der Waals surface area contributed by atoms with Crippen molar-refractivity contribution in [3.8, 4) is 0 Å². The molecule has 0 aliphatic heterocycles. The summed E-state index contributed by atoms with van der Waals surface area (Å²) in [6, 6.07) is 0. The SMILES string of the molecule is CC(C)(NC(=O)CS(=O)(=O)CCO)C(=O)NS(C)(=O)=O. The van der Waals surface area contributed by atoms with Crippen LogP contribution in [0, 0.1) is 0 Å². The number of amides is 2. The van der Waals surface area contributed by atoms with Gasteiger partial charge in [0.05, 0.1) is 18.6 Å². The predicted octanol–water partition coefficient (Wildman–Crippen LogP) is -2.64. The van der Waals surface area contributed by atoms with Crippen LogP contribution in [0.4, 0.5) is 0 Å². The summed E-state index contributed by atoms with van der Waals surface area (Å²) < 4.78 is 46.1. The van der Waals surface area contributed by atoms with Crippen LogP contribution in [0.2, 0.25) is 0 Å². The number of rotatable bonds is 7. The Hall–Kier alpha value is -1.20. The molecular weight excluding hydrogens is 312 g/mol. The van der Waals surface area contributed by atoms with Crippen LogP contribution in [-0.2, 0) is 29.4 Å². The Labute approximate surface area is 117 Å². The first-order valence-corrected chi connectivity index (χ1v) is 9.15. The van der Waals surface area contributed by atoms with Crippen molar-refractivity contribution >= 4 is 31.7 Å². The molecule has 0 saturated heterocycles. The first kappa shape index (κ1) is 18.8. The molecule has 0 rings (SSSR count). The van der Waals surface area contributed by atoms with Crippen molar-refractivity contribution < 1.29 is 31.5 Å². The Morgan fingerprint density at radius 1 is 1.15 bits per heavy atom. The largest absolute Gasteiger partial charge is 0.395 e. The average molecular weight is 330 g/mol. The van der Waals surface area contributed by atoms with Crippen LogP contribution in [0.1, 0.15) is 13.8 Å². The fourth-order valence-corrected chi connectivity index (χ4v) is 2.63. The van der Waals surface area contributed by atoms with Gasteiger partial charge in [-0.3, -0.25) is 14.3 Å². The van der Waals surface area contributed by atoms with Gasteiger partial charge in [0.25, 0.3) is 5.91 Å². The smallest absolute Gasteiger partial charge is 0.258 e.